The molecule has 0 N–H and O–H groups in total. The topological polar surface area (TPSA) is 9.23 Å². The van der Waals surface area contributed by atoms with Gasteiger partial charge in [-0.1, -0.05) is 22.0 Å². The second kappa shape index (κ2) is 3.91. The minimum absolute atomic E-state index is 0.894. The van der Waals surface area contributed by atoms with Gasteiger partial charge in [-0.05, 0) is 29.5 Å². The molecule has 0 amide bonds. The van der Waals surface area contributed by atoms with Crippen molar-refractivity contribution in [2.24, 2.45) is 0 Å². The Morgan fingerprint density at radius 2 is 2.29 bits per heavy atom. The van der Waals surface area contributed by atoms with E-state index >= 15 is 0 Å². The lowest BCUT2D eigenvalue weighted by Gasteiger charge is -2.08. The Kier molecular flexibility index (Phi) is 2.79. The first-order valence-corrected chi connectivity index (χ1v) is 6.37. The first-order chi connectivity index (χ1) is 6.77. The Balaban J connectivity index is 2.81. The zero-order valence-corrected chi connectivity index (χ0v) is 10.5. The molecule has 0 aliphatic heterocycles. The van der Waals surface area contributed by atoms with Gasteiger partial charge in [0.25, 0.3) is 0 Å². The highest BCUT2D eigenvalue weighted by Gasteiger charge is 2.10. The van der Waals surface area contributed by atoms with Crippen molar-refractivity contribution in [2.75, 3.05) is 7.11 Å². The summed E-state index contributed by atoms with van der Waals surface area (Å²) in [6, 6.07) is 4.33. The highest BCUT2D eigenvalue weighted by atomic mass is 79.9. The number of hydrogen-bond donors (Lipinski definition) is 0. The molecular weight excluding hydrogens is 260 g/mol. The second-order valence-corrected chi connectivity index (χ2v) is 4.66. The summed E-state index contributed by atoms with van der Waals surface area (Å²) in [5, 5.41) is 4.30. The fourth-order valence-electron chi connectivity index (χ4n) is 1.69. The Morgan fingerprint density at radius 3 is 2.93 bits per heavy atom. The van der Waals surface area contributed by atoms with Gasteiger partial charge in [0.15, 0.2) is 0 Å². The summed E-state index contributed by atoms with van der Waals surface area (Å²) in [5.41, 5.74) is 2.54. The van der Waals surface area contributed by atoms with Gasteiger partial charge in [0.05, 0.1) is 11.8 Å². The number of thiophene rings is 1. The van der Waals surface area contributed by atoms with Crippen LogP contribution in [0.1, 0.15) is 11.1 Å². The van der Waals surface area contributed by atoms with E-state index in [2.05, 4.69) is 40.4 Å². The molecule has 1 aromatic carbocycles. The molecule has 2 aromatic rings. The number of ether oxygens (including phenoxy) is 1. The summed E-state index contributed by atoms with van der Waals surface area (Å²) in [5.74, 6) is 1.01. The van der Waals surface area contributed by atoms with Gasteiger partial charge in [0, 0.05) is 10.7 Å². The van der Waals surface area contributed by atoms with Crippen LogP contribution in [-0.2, 0) is 5.33 Å². The van der Waals surface area contributed by atoms with E-state index in [9.17, 15) is 0 Å². The number of alkyl halides is 1. The van der Waals surface area contributed by atoms with E-state index in [0.717, 1.165) is 11.1 Å². The van der Waals surface area contributed by atoms with Gasteiger partial charge >= 0.3 is 0 Å². The number of halogens is 1. The molecule has 0 bridgehead atoms. The van der Waals surface area contributed by atoms with Crippen molar-refractivity contribution in [1.82, 2.24) is 0 Å². The van der Waals surface area contributed by atoms with Crippen LogP contribution in [0.15, 0.2) is 17.5 Å². The number of rotatable bonds is 2. The molecule has 0 spiro atoms. The molecule has 0 unspecified atom stereocenters. The fraction of sp³-hybridized carbons (Fsp3) is 0.273. The fourth-order valence-corrected chi connectivity index (χ4v) is 3.17. The quantitative estimate of drug-likeness (QED) is 0.747. The van der Waals surface area contributed by atoms with Crippen molar-refractivity contribution < 1.29 is 4.74 Å². The zero-order valence-electron chi connectivity index (χ0n) is 8.13. The van der Waals surface area contributed by atoms with E-state index in [1.54, 1.807) is 18.4 Å². The van der Waals surface area contributed by atoms with Gasteiger partial charge < -0.3 is 4.74 Å². The maximum Gasteiger partial charge on any atom is 0.139 e. The van der Waals surface area contributed by atoms with E-state index in [1.165, 1.54) is 21.2 Å². The van der Waals surface area contributed by atoms with Crippen molar-refractivity contribution in [1.29, 1.82) is 0 Å². The Hall–Kier alpha value is -0.540. The molecule has 2 rings (SSSR count). The maximum absolute atomic E-state index is 5.41. The van der Waals surface area contributed by atoms with Crippen molar-refractivity contribution in [3.05, 3.63) is 28.6 Å². The first-order valence-electron chi connectivity index (χ1n) is 4.37. The second-order valence-electron chi connectivity index (χ2n) is 3.18. The van der Waals surface area contributed by atoms with Crippen LogP contribution in [0.5, 0.6) is 5.75 Å². The van der Waals surface area contributed by atoms with Crippen LogP contribution < -0.4 is 4.74 Å². The molecule has 0 saturated heterocycles. The molecule has 1 nitrogen and oxygen atoms in total. The number of hydrogen-bond acceptors (Lipinski definition) is 2. The van der Waals surface area contributed by atoms with Crippen LogP contribution in [0, 0.1) is 6.92 Å². The third kappa shape index (κ3) is 1.44. The molecule has 0 aliphatic carbocycles. The van der Waals surface area contributed by atoms with Crippen LogP contribution in [0.25, 0.3) is 10.1 Å². The minimum atomic E-state index is 0.894. The summed E-state index contributed by atoms with van der Waals surface area (Å²) >= 11 is 5.24. The third-order valence-corrected chi connectivity index (χ3v) is 3.83. The molecule has 0 aliphatic rings. The molecule has 0 fully saturated rings. The average Bonchev–Trinajstić information content (AvgIpc) is 2.65. The van der Waals surface area contributed by atoms with E-state index in [0.29, 0.717) is 0 Å². The Morgan fingerprint density at radius 1 is 1.50 bits per heavy atom. The molecule has 0 atom stereocenters. The molecule has 74 valence electrons. The number of fused-ring (bicyclic) bond motifs is 1. The van der Waals surface area contributed by atoms with E-state index in [-0.39, 0.29) is 0 Å². The van der Waals surface area contributed by atoms with Gasteiger partial charge in [-0.25, -0.2) is 0 Å². The molecule has 14 heavy (non-hydrogen) atoms. The van der Waals surface area contributed by atoms with Gasteiger partial charge in [-0.3, -0.25) is 0 Å². The monoisotopic (exact) mass is 270 g/mol. The highest BCUT2D eigenvalue weighted by Crippen LogP contribution is 2.36. The maximum atomic E-state index is 5.41. The summed E-state index contributed by atoms with van der Waals surface area (Å²) in [6.07, 6.45) is 0. The number of benzene rings is 1. The first kappa shape index (κ1) is 9.99. The highest BCUT2D eigenvalue weighted by molar-refractivity contribution is 9.08. The predicted octanol–water partition coefficient (Wildman–Crippen LogP) is 4.11. The summed E-state index contributed by atoms with van der Waals surface area (Å²) in [6.45, 7) is 2.09. The minimum Gasteiger partial charge on any atom is -0.495 e. The summed E-state index contributed by atoms with van der Waals surface area (Å²) in [4.78, 5) is 0. The van der Waals surface area contributed by atoms with E-state index < -0.39 is 0 Å². The van der Waals surface area contributed by atoms with Gasteiger partial charge in [-0.15, -0.1) is 11.3 Å². The zero-order chi connectivity index (χ0) is 10.1. The number of aryl methyl sites for hydroxylation is 1. The van der Waals surface area contributed by atoms with Crippen LogP contribution in [0.3, 0.4) is 0 Å². The van der Waals surface area contributed by atoms with Crippen molar-refractivity contribution in [3.63, 3.8) is 0 Å². The smallest absolute Gasteiger partial charge is 0.139 e. The van der Waals surface area contributed by atoms with Gasteiger partial charge in [-0.2, -0.15) is 0 Å². The summed E-state index contributed by atoms with van der Waals surface area (Å²) in [7, 11) is 1.73. The lowest BCUT2D eigenvalue weighted by molar-refractivity contribution is 0.417. The average molecular weight is 271 g/mol. The standard InChI is InChI=1S/C11H11BrOS/c1-7-5-8(6-12)9-3-4-14-11(9)10(7)13-2/h3-5H,6H2,1-2H3. The van der Waals surface area contributed by atoms with E-state index in [4.69, 9.17) is 4.74 Å². The van der Waals surface area contributed by atoms with Crippen LogP contribution in [0.2, 0.25) is 0 Å². The molecule has 1 aromatic heterocycles. The van der Waals surface area contributed by atoms with Crippen LogP contribution >= 0.6 is 27.3 Å². The molecule has 3 heteroatoms. The van der Waals surface area contributed by atoms with Gasteiger partial charge in [0.1, 0.15) is 5.75 Å². The van der Waals surface area contributed by atoms with Gasteiger partial charge in [0.2, 0.25) is 0 Å². The SMILES string of the molecule is COc1c(C)cc(CBr)c2ccsc12. The lowest BCUT2D eigenvalue weighted by atomic mass is 10.1. The normalized spacial score (nSPS) is 10.8. The lowest BCUT2D eigenvalue weighted by Crippen LogP contribution is -1.89. The largest absolute Gasteiger partial charge is 0.495 e. The predicted molar refractivity (Wildman–Crippen MR) is 65.7 cm³/mol. The van der Waals surface area contributed by atoms with Crippen molar-refractivity contribution >= 4 is 37.4 Å². The van der Waals surface area contributed by atoms with Crippen molar-refractivity contribution in [3.8, 4) is 5.75 Å². The van der Waals surface area contributed by atoms with Crippen LogP contribution in [-0.4, -0.2) is 7.11 Å². The van der Waals surface area contributed by atoms with E-state index in [1.807, 2.05) is 0 Å². The molecule has 0 saturated carbocycles. The van der Waals surface area contributed by atoms with Crippen LogP contribution in [0.4, 0.5) is 0 Å². The number of methoxy groups -OCH3 is 1. The molecular formula is C11H11BrOS. The third-order valence-electron chi connectivity index (χ3n) is 2.31. The molecule has 0 radical (unpaired) electrons. The Bertz CT molecular complexity index is 462. The summed E-state index contributed by atoms with van der Waals surface area (Å²) < 4.78 is 6.66. The van der Waals surface area contributed by atoms with Crippen molar-refractivity contribution in [2.45, 2.75) is 12.3 Å². The molecule has 1 heterocycles. The Labute approximate surface area is 95.8 Å².